The Labute approximate surface area is 109 Å². The van der Waals surface area contributed by atoms with Gasteiger partial charge in [-0.15, -0.1) is 0 Å². The van der Waals surface area contributed by atoms with Gasteiger partial charge in [0.15, 0.2) is 0 Å². The Bertz CT molecular complexity index is 370. The smallest absolute Gasteiger partial charge is 0.129 e. The molecule has 1 aliphatic carbocycles. The molecule has 0 aliphatic heterocycles. The molecule has 0 amide bonds. The van der Waals surface area contributed by atoms with E-state index in [1.165, 1.54) is 32.1 Å². The van der Waals surface area contributed by atoms with Crippen molar-refractivity contribution in [2.45, 2.75) is 52.0 Å². The third-order valence-corrected chi connectivity index (χ3v) is 4.05. The standard InChI is InChI=1S/C14H21ClN2/c1-3-11-4-6-12(7-5-11)17-13-8-9-14(15)16-10(13)2/h8-9,11-12,17H,3-7H2,1-2H3. The first kappa shape index (κ1) is 12.7. The monoisotopic (exact) mass is 252 g/mol. The fourth-order valence-electron chi connectivity index (χ4n) is 2.62. The molecule has 0 spiro atoms. The largest absolute Gasteiger partial charge is 0.381 e. The highest BCUT2D eigenvalue weighted by Crippen LogP contribution is 2.29. The minimum absolute atomic E-state index is 0.572. The molecular weight excluding hydrogens is 232 g/mol. The molecule has 1 fully saturated rings. The molecule has 1 aromatic rings. The van der Waals surface area contributed by atoms with E-state index in [9.17, 15) is 0 Å². The summed E-state index contributed by atoms with van der Waals surface area (Å²) in [4.78, 5) is 4.27. The van der Waals surface area contributed by atoms with Crippen molar-refractivity contribution in [2.75, 3.05) is 5.32 Å². The molecule has 0 aromatic carbocycles. The maximum absolute atomic E-state index is 5.86. The third-order valence-electron chi connectivity index (χ3n) is 3.84. The van der Waals surface area contributed by atoms with Gasteiger partial charge in [-0.25, -0.2) is 4.98 Å². The second-order valence-electron chi connectivity index (χ2n) is 5.04. The zero-order chi connectivity index (χ0) is 12.3. The van der Waals surface area contributed by atoms with E-state index < -0.39 is 0 Å². The Morgan fingerprint density at radius 2 is 2.00 bits per heavy atom. The van der Waals surface area contributed by atoms with Gasteiger partial charge < -0.3 is 5.32 Å². The first-order valence-corrected chi connectivity index (χ1v) is 6.96. The minimum atomic E-state index is 0.572. The predicted octanol–water partition coefficient (Wildman–Crippen LogP) is 4.42. The summed E-state index contributed by atoms with van der Waals surface area (Å²) in [6, 6.07) is 4.50. The first-order valence-electron chi connectivity index (χ1n) is 6.58. The summed E-state index contributed by atoms with van der Waals surface area (Å²) in [5, 5.41) is 4.17. The number of anilines is 1. The summed E-state index contributed by atoms with van der Waals surface area (Å²) >= 11 is 5.86. The van der Waals surface area contributed by atoms with Crippen molar-refractivity contribution in [2.24, 2.45) is 5.92 Å². The normalized spacial score (nSPS) is 24.6. The van der Waals surface area contributed by atoms with E-state index in [1.807, 2.05) is 19.1 Å². The summed E-state index contributed by atoms with van der Waals surface area (Å²) in [6.07, 6.45) is 6.60. The quantitative estimate of drug-likeness (QED) is 0.806. The molecule has 1 saturated carbocycles. The van der Waals surface area contributed by atoms with Crippen LogP contribution < -0.4 is 5.32 Å². The van der Waals surface area contributed by atoms with Gasteiger partial charge in [0, 0.05) is 6.04 Å². The Hall–Kier alpha value is -0.760. The van der Waals surface area contributed by atoms with Crippen molar-refractivity contribution in [1.29, 1.82) is 0 Å². The first-order chi connectivity index (χ1) is 8.19. The van der Waals surface area contributed by atoms with E-state index >= 15 is 0 Å². The van der Waals surface area contributed by atoms with Crippen molar-refractivity contribution in [1.82, 2.24) is 4.98 Å². The molecule has 2 nitrogen and oxygen atoms in total. The maximum Gasteiger partial charge on any atom is 0.129 e. The van der Waals surface area contributed by atoms with E-state index in [0.717, 1.165) is 17.3 Å². The number of halogens is 1. The molecule has 2 rings (SSSR count). The van der Waals surface area contributed by atoms with Crippen LogP contribution in [0.15, 0.2) is 12.1 Å². The molecule has 1 heterocycles. The zero-order valence-electron chi connectivity index (χ0n) is 10.7. The number of pyridine rings is 1. The highest BCUT2D eigenvalue weighted by molar-refractivity contribution is 6.29. The van der Waals surface area contributed by atoms with Crippen LogP contribution in [0.25, 0.3) is 0 Å². The number of hydrogen-bond donors (Lipinski definition) is 1. The molecule has 1 aliphatic rings. The van der Waals surface area contributed by atoms with Crippen LogP contribution in [0.3, 0.4) is 0 Å². The second-order valence-corrected chi connectivity index (χ2v) is 5.42. The number of aromatic nitrogens is 1. The number of nitrogens with zero attached hydrogens (tertiary/aromatic N) is 1. The molecule has 1 N–H and O–H groups in total. The van der Waals surface area contributed by atoms with Gasteiger partial charge >= 0.3 is 0 Å². The van der Waals surface area contributed by atoms with Gasteiger partial charge in [-0.2, -0.15) is 0 Å². The molecular formula is C14H21ClN2. The molecule has 0 saturated heterocycles. The van der Waals surface area contributed by atoms with Crippen LogP contribution in [0.4, 0.5) is 5.69 Å². The SMILES string of the molecule is CCC1CCC(Nc2ccc(Cl)nc2C)CC1. The highest BCUT2D eigenvalue weighted by Gasteiger charge is 2.20. The number of rotatable bonds is 3. The topological polar surface area (TPSA) is 24.9 Å². The Balaban J connectivity index is 1.93. The lowest BCUT2D eigenvalue weighted by molar-refractivity contribution is 0.330. The van der Waals surface area contributed by atoms with Gasteiger partial charge in [0.1, 0.15) is 5.15 Å². The molecule has 3 heteroatoms. The van der Waals surface area contributed by atoms with Gasteiger partial charge in [-0.3, -0.25) is 0 Å². The molecule has 0 unspecified atom stereocenters. The summed E-state index contributed by atoms with van der Waals surface area (Å²) in [5.41, 5.74) is 2.13. The molecule has 0 radical (unpaired) electrons. The maximum atomic E-state index is 5.86. The molecule has 0 bridgehead atoms. The summed E-state index contributed by atoms with van der Waals surface area (Å²) in [6.45, 7) is 4.30. The summed E-state index contributed by atoms with van der Waals surface area (Å²) in [5.74, 6) is 0.942. The van der Waals surface area contributed by atoms with Crippen LogP contribution in [-0.2, 0) is 0 Å². The van der Waals surface area contributed by atoms with Crippen LogP contribution in [0.1, 0.15) is 44.7 Å². The van der Waals surface area contributed by atoms with Crippen LogP contribution >= 0.6 is 11.6 Å². The second kappa shape index (κ2) is 5.72. The van der Waals surface area contributed by atoms with Gasteiger partial charge in [0.25, 0.3) is 0 Å². The van der Waals surface area contributed by atoms with Crippen molar-refractivity contribution in [3.8, 4) is 0 Å². The summed E-state index contributed by atoms with van der Waals surface area (Å²) < 4.78 is 0. The van der Waals surface area contributed by atoms with Gasteiger partial charge in [-0.05, 0) is 50.7 Å². The van der Waals surface area contributed by atoms with Crippen LogP contribution in [0.5, 0.6) is 0 Å². The average Bonchev–Trinajstić information content (AvgIpc) is 2.34. The Morgan fingerprint density at radius 1 is 1.29 bits per heavy atom. The number of hydrogen-bond acceptors (Lipinski definition) is 2. The van der Waals surface area contributed by atoms with Gasteiger partial charge in [0.2, 0.25) is 0 Å². The van der Waals surface area contributed by atoms with E-state index in [4.69, 9.17) is 11.6 Å². The van der Waals surface area contributed by atoms with E-state index in [1.54, 1.807) is 0 Å². The molecule has 1 aromatic heterocycles. The Morgan fingerprint density at radius 3 is 2.59 bits per heavy atom. The van der Waals surface area contributed by atoms with Crippen molar-refractivity contribution >= 4 is 17.3 Å². The number of aryl methyl sites for hydroxylation is 1. The van der Waals surface area contributed by atoms with Gasteiger partial charge in [0.05, 0.1) is 11.4 Å². The van der Waals surface area contributed by atoms with Crippen LogP contribution in [0, 0.1) is 12.8 Å². The number of nitrogens with one attached hydrogen (secondary N) is 1. The highest BCUT2D eigenvalue weighted by atomic mass is 35.5. The van der Waals surface area contributed by atoms with Crippen LogP contribution in [0.2, 0.25) is 5.15 Å². The lowest BCUT2D eigenvalue weighted by Gasteiger charge is -2.29. The zero-order valence-corrected chi connectivity index (χ0v) is 11.4. The Kier molecular flexibility index (Phi) is 4.27. The van der Waals surface area contributed by atoms with Gasteiger partial charge in [-0.1, -0.05) is 24.9 Å². The molecule has 17 heavy (non-hydrogen) atoms. The molecule has 0 atom stereocenters. The van der Waals surface area contributed by atoms with E-state index in [2.05, 4.69) is 17.2 Å². The average molecular weight is 253 g/mol. The summed E-state index contributed by atoms with van der Waals surface area (Å²) in [7, 11) is 0. The fourth-order valence-corrected chi connectivity index (χ4v) is 2.81. The van der Waals surface area contributed by atoms with Crippen molar-refractivity contribution in [3.63, 3.8) is 0 Å². The fraction of sp³-hybridized carbons (Fsp3) is 0.643. The molecule has 94 valence electrons. The van der Waals surface area contributed by atoms with E-state index in [-0.39, 0.29) is 0 Å². The lowest BCUT2D eigenvalue weighted by atomic mass is 9.84. The van der Waals surface area contributed by atoms with E-state index in [0.29, 0.717) is 11.2 Å². The lowest BCUT2D eigenvalue weighted by Crippen LogP contribution is -2.26. The predicted molar refractivity (Wildman–Crippen MR) is 73.6 cm³/mol. The van der Waals surface area contributed by atoms with Crippen molar-refractivity contribution in [3.05, 3.63) is 23.0 Å². The minimum Gasteiger partial charge on any atom is -0.381 e. The third kappa shape index (κ3) is 3.35. The van der Waals surface area contributed by atoms with Crippen LogP contribution in [-0.4, -0.2) is 11.0 Å². The van der Waals surface area contributed by atoms with Crippen molar-refractivity contribution < 1.29 is 0 Å².